The third kappa shape index (κ3) is 7.46. The van der Waals surface area contributed by atoms with Gasteiger partial charge in [-0.2, -0.15) is 0 Å². The molecule has 16 heavy (non-hydrogen) atoms. The molecule has 1 N–H and O–H groups in total. The molecule has 0 spiro atoms. The predicted octanol–water partition coefficient (Wildman–Crippen LogP) is 2.52. The molecule has 0 aromatic heterocycles. The topological polar surface area (TPSA) is 38.3 Å². The number of carbonyl (C=O) groups is 1. The van der Waals surface area contributed by atoms with E-state index in [0.29, 0.717) is 0 Å². The lowest BCUT2D eigenvalue weighted by Gasteiger charge is -2.05. The van der Waals surface area contributed by atoms with Gasteiger partial charge in [-0.15, -0.1) is 0 Å². The van der Waals surface area contributed by atoms with Crippen LogP contribution >= 0.6 is 0 Å². The van der Waals surface area contributed by atoms with Gasteiger partial charge in [0.1, 0.15) is 0 Å². The summed E-state index contributed by atoms with van der Waals surface area (Å²) in [6.07, 6.45) is 5.07. The van der Waals surface area contributed by atoms with Crippen molar-refractivity contribution in [2.24, 2.45) is 5.92 Å². The van der Waals surface area contributed by atoms with Gasteiger partial charge >= 0.3 is 5.97 Å². The first kappa shape index (κ1) is 15.2. The predicted molar refractivity (Wildman–Crippen MR) is 67.3 cm³/mol. The van der Waals surface area contributed by atoms with Gasteiger partial charge in [0.05, 0.1) is 7.11 Å². The molecular formula is C13H25NO2. The first-order valence-electron chi connectivity index (χ1n) is 6.09. The van der Waals surface area contributed by atoms with Crippen molar-refractivity contribution in [3.63, 3.8) is 0 Å². The van der Waals surface area contributed by atoms with E-state index in [1.165, 1.54) is 20.0 Å². The van der Waals surface area contributed by atoms with Crippen LogP contribution in [-0.2, 0) is 9.53 Å². The number of methoxy groups -OCH3 is 1. The average molecular weight is 227 g/mol. The normalized spacial score (nSPS) is 11.9. The molecule has 0 heterocycles. The smallest absolute Gasteiger partial charge is 0.333 e. The molecule has 0 saturated heterocycles. The van der Waals surface area contributed by atoms with Gasteiger partial charge < -0.3 is 10.1 Å². The molecule has 0 atom stereocenters. The number of nitrogens with one attached hydrogen (secondary N) is 1. The zero-order valence-electron chi connectivity index (χ0n) is 11.0. The monoisotopic (exact) mass is 227 g/mol. The molecule has 0 unspecified atom stereocenters. The van der Waals surface area contributed by atoms with Crippen LogP contribution in [0.15, 0.2) is 11.6 Å². The van der Waals surface area contributed by atoms with Crippen molar-refractivity contribution in [1.29, 1.82) is 0 Å². The standard InChI is InChI=1S/C13H25NO2/c1-5-12(13(15)16-4)8-10-14-9-6-7-11(2)3/h8,11,14H,5-7,9-10H2,1-4H3. The maximum atomic E-state index is 11.2. The molecule has 0 saturated carbocycles. The number of esters is 1. The van der Waals surface area contributed by atoms with Crippen LogP contribution in [0.5, 0.6) is 0 Å². The maximum absolute atomic E-state index is 11.2. The summed E-state index contributed by atoms with van der Waals surface area (Å²) in [5, 5.41) is 3.30. The molecule has 0 aliphatic rings. The van der Waals surface area contributed by atoms with E-state index in [4.69, 9.17) is 0 Å². The Morgan fingerprint density at radius 1 is 1.44 bits per heavy atom. The molecular weight excluding hydrogens is 202 g/mol. The Labute approximate surface area is 99.3 Å². The lowest BCUT2D eigenvalue weighted by Crippen LogP contribution is -2.17. The van der Waals surface area contributed by atoms with Crippen LogP contribution in [0.4, 0.5) is 0 Å². The highest BCUT2D eigenvalue weighted by atomic mass is 16.5. The summed E-state index contributed by atoms with van der Waals surface area (Å²) in [5.74, 6) is 0.546. The lowest BCUT2D eigenvalue weighted by molar-refractivity contribution is -0.136. The van der Waals surface area contributed by atoms with Gasteiger partial charge in [-0.3, -0.25) is 0 Å². The first-order valence-corrected chi connectivity index (χ1v) is 6.09. The summed E-state index contributed by atoms with van der Waals surface area (Å²) >= 11 is 0. The highest BCUT2D eigenvalue weighted by Gasteiger charge is 2.05. The Hall–Kier alpha value is -0.830. The van der Waals surface area contributed by atoms with E-state index in [9.17, 15) is 4.79 Å². The highest BCUT2D eigenvalue weighted by molar-refractivity contribution is 5.88. The average Bonchev–Trinajstić information content (AvgIpc) is 2.27. The molecule has 0 amide bonds. The quantitative estimate of drug-likeness (QED) is 0.393. The molecule has 0 radical (unpaired) electrons. The van der Waals surface area contributed by atoms with Crippen LogP contribution in [0.1, 0.15) is 40.0 Å². The van der Waals surface area contributed by atoms with E-state index in [1.54, 1.807) is 0 Å². The van der Waals surface area contributed by atoms with Crippen molar-refractivity contribution in [2.75, 3.05) is 20.2 Å². The third-order valence-corrected chi connectivity index (χ3v) is 2.46. The van der Waals surface area contributed by atoms with Crippen molar-refractivity contribution < 1.29 is 9.53 Å². The summed E-state index contributed by atoms with van der Waals surface area (Å²) in [6.45, 7) is 8.17. The van der Waals surface area contributed by atoms with Crippen LogP contribution in [0.3, 0.4) is 0 Å². The molecule has 0 aromatic rings. The van der Waals surface area contributed by atoms with Crippen LogP contribution in [-0.4, -0.2) is 26.2 Å². The summed E-state index contributed by atoms with van der Waals surface area (Å²) in [7, 11) is 1.42. The minimum Gasteiger partial charge on any atom is -0.466 e. The largest absolute Gasteiger partial charge is 0.466 e. The fourth-order valence-corrected chi connectivity index (χ4v) is 1.44. The van der Waals surface area contributed by atoms with Crippen molar-refractivity contribution in [2.45, 2.75) is 40.0 Å². The van der Waals surface area contributed by atoms with Crippen molar-refractivity contribution >= 4 is 5.97 Å². The van der Waals surface area contributed by atoms with E-state index in [2.05, 4.69) is 23.9 Å². The number of hydrogen-bond acceptors (Lipinski definition) is 3. The third-order valence-electron chi connectivity index (χ3n) is 2.46. The van der Waals surface area contributed by atoms with E-state index in [-0.39, 0.29) is 5.97 Å². The van der Waals surface area contributed by atoms with Gasteiger partial charge in [-0.25, -0.2) is 4.79 Å². The Balaban J connectivity index is 3.68. The SMILES string of the molecule is CCC(=CCNCCCC(C)C)C(=O)OC. The van der Waals surface area contributed by atoms with Crippen molar-refractivity contribution in [3.8, 4) is 0 Å². The highest BCUT2D eigenvalue weighted by Crippen LogP contribution is 2.03. The van der Waals surface area contributed by atoms with Crippen LogP contribution in [0.2, 0.25) is 0 Å². The maximum Gasteiger partial charge on any atom is 0.333 e. The summed E-state index contributed by atoms with van der Waals surface area (Å²) in [5.41, 5.74) is 0.749. The van der Waals surface area contributed by atoms with E-state index in [0.717, 1.165) is 31.0 Å². The fraction of sp³-hybridized carbons (Fsp3) is 0.769. The number of ether oxygens (including phenoxy) is 1. The Morgan fingerprint density at radius 3 is 2.62 bits per heavy atom. The lowest BCUT2D eigenvalue weighted by atomic mass is 10.1. The fourth-order valence-electron chi connectivity index (χ4n) is 1.44. The number of hydrogen-bond donors (Lipinski definition) is 1. The Morgan fingerprint density at radius 2 is 2.12 bits per heavy atom. The molecule has 0 aliphatic carbocycles. The Kier molecular flexibility index (Phi) is 8.91. The van der Waals surface area contributed by atoms with Gasteiger partial charge in [-0.1, -0.05) is 26.8 Å². The van der Waals surface area contributed by atoms with Crippen LogP contribution in [0.25, 0.3) is 0 Å². The van der Waals surface area contributed by atoms with Gasteiger partial charge in [0, 0.05) is 12.1 Å². The second-order valence-electron chi connectivity index (χ2n) is 4.31. The molecule has 0 aliphatic heterocycles. The zero-order chi connectivity index (χ0) is 12.4. The van der Waals surface area contributed by atoms with Gasteiger partial charge in [0.2, 0.25) is 0 Å². The minimum atomic E-state index is -0.216. The van der Waals surface area contributed by atoms with E-state index < -0.39 is 0 Å². The molecule has 3 heteroatoms. The number of carbonyl (C=O) groups excluding carboxylic acids is 1. The zero-order valence-corrected chi connectivity index (χ0v) is 11.0. The molecule has 3 nitrogen and oxygen atoms in total. The molecule has 0 fully saturated rings. The molecule has 0 bridgehead atoms. The molecule has 94 valence electrons. The van der Waals surface area contributed by atoms with Crippen molar-refractivity contribution in [1.82, 2.24) is 5.32 Å². The van der Waals surface area contributed by atoms with E-state index >= 15 is 0 Å². The number of rotatable bonds is 8. The van der Waals surface area contributed by atoms with Gasteiger partial charge in [0.15, 0.2) is 0 Å². The molecule has 0 rings (SSSR count). The van der Waals surface area contributed by atoms with Crippen molar-refractivity contribution in [3.05, 3.63) is 11.6 Å². The van der Waals surface area contributed by atoms with Crippen LogP contribution in [0, 0.1) is 5.92 Å². The summed E-state index contributed by atoms with van der Waals surface area (Å²) < 4.78 is 4.68. The summed E-state index contributed by atoms with van der Waals surface area (Å²) in [6, 6.07) is 0. The van der Waals surface area contributed by atoms with Gasteiger partial charge in [-0.05, 0) is 31.7 Å². The second-order valence-corrected chi connectivity index (χ2v) is 4.31. The molecule has 0 aromatic carbocycles. The van der Waals surface area contributed by atoms with Gasteiger partial charge in [0.25, 0.3) is 0 Å². The second kappa shape index (κ2) is 9.40. The Bertz CT molecular complexity index is 222. The van der Waals surface area contributed by atoms with Crippen LogP contribution < -0.4 is 5.32 Å². The van der Waals surface area contributed by atoms with E-state index in [1.807, 2.05) is 13.0 Å². The minimum absolute atomic E-state index is 0.216. The summed E-state index contributed by atoms with van der Waals surface area (Å²) in [4.78, 5) is 11.2. The first-order chi connectivity index (χ1) is 7.61.